The van der Waals surface area contributed by atoms with Crippen molar-refractivity contribution in [1.82, 2.24) is 15.0 Å². The minimum Gasteiger partial charge on any atom is -0.497 e. The van der Waals surface area contributed by atoms with Gasteiger partial charge in [-0.3, -0.25) is 0 Å². The van der Waals surface area contributed by atoms with Gasteiger partial charge in [-0.25, -0.2) is 4.68 Å². The Morgan fingerprint density at radius 1 is 1.18 bits per heavy atom. The van der Waals surface area contributed by atoms with E-state index in [1.54, 1.807) is 11.8 Å². The Bertz CT molecular complexity index is 931. The number of aliphatic hydroxyl groups excluding tert-OH is 1. The summed E-state index contributed by atoms with van der Waals surface area (Å²) in [4.78, 5) is 5.25. The molecule has 28 heavy (non-hydrogen) atoms. The molecule has 7 nitrogen and oxygen atoms in total. The van der Waals surface area contributed by atoms with Crippen LogP contribution in [0.15, 0.2) is 59.9 Å². The van der Waals surface area contributed by atoms with Crippen LogP contribution in [0.25, 0.3) is 11.3 Å². The van der Waals surface area contributed by atoms with Gasteiger partial charge in [-0.15, -0.1) is 5.10 Å². The second kappa shape index (κ2) is 9.14. The molecule has 1 heterocycles. The topological polar surface area (TPSA) is 81.8 Å². The van der Waals surface area contributed by atoms with Gasteiger partial charge in [-0.2, -0.15) is 0 Å². The lowest BCUT2D eigenvalue weighted by Crippen LogP contribution is -2.09. The van der Waals surface area contributed by atoms with Crippen molar-refractivity contribution in [2.24, 2.45) is 5.16 Å². The van der Waals surface area contributed by atoms with Crippen molar-refractivity contribution >= 4 is 5.71 Å². The molecule has 0 radical (unpaired) electrons. The van der Waals surface area contributed by atoms with Crippen molar-refractivity contribution in [2.45, 2.75) is 33.1 Å². The van der Waals surface area contributed by atoms with E-state index < -0.39 is 6.10 Å². The van der Waals surface area contributed by atoms with Crippen molar-refractivity contribution in [3.63, 3.8) is 0 Å². The molecule has 1 aromatic heterocycles. The fraction of sp³-hybridized carbons (Fsp3) is 0.286. The average molecular weight is 380 g/mol. The van der Waals surface area contributed by atoms with E-state index in [0.717, 1.165) is 28.1 Å². The molecule has 0 saturated heterocycles. The molecule has 1 N–H and O–H groups in total. The van der Waals surface area contributed by atoms with Gasteiger partial charge in [0.2, 0.25) is 0 Å². The Hall–Kier alpha value is -3.19. The predicted molar refractivity (Wildman–Crippen MR) is 107 cm³/mol. The lowest BCUT2D eigenvalue weighted by Gasteiger charge is -2.11. The molecule has 1 atom stereocenters. The molecular weight excluding hydrogens is 356 g/mol. The van der Waals surface area contributed by atoms with Crippen LogP contribution in [0.4, 0.5) is 0 Å². The summed E-state index contributed by atoms with van der Waals surface area (Å²) in [6, 6.07) is 15.2. The molecule has 0 amide bonds. The summed E-state index contributed by atoms with van der Waals surface area (Å²) in [5.41, 5.74) is 4.36. The minimum atomic E-state index is -0.702. The first-order chi connectivity index (χ1) is 13.5. The van der Waals surface area contributed by atoms with Crippen LogP contribution in [0.1, 0.15) is 31.1 Å². The van der Waals surface area contributed by atoms with Crippen LogP contribution in [0.5, 0.6) is 5.75 Å². The maximum atomic E-state index is 10.5. The molecule has 0 bridgehead atoms. The fourth-order valence-corrected chi connectivity index (χ4v) is 2.66. The van der Waals surface area contributed by atoms with Gasteiger partial charge >= 0.3 is 0 Å². The van der Waals surface area contributed by atoms with Gasteiger partial charge in [0.15, 0.2) is 0 Å². The Kier molecular flexibility index (Phi) is 6.39. The summed E-state index contributed by atoms with van der Waals surface area (Å²) in [7, 11) is 1.60. The van der Waals surface area contributed by atoms with Crippen LogP contribution < -0.4 is 4.74 Å². The van der Waals surface area contributed by atoms with Crippen molar-refractivity contribution in [1.29, 1.82) is 0 Å². The highest BCUT2D eigenvalue weighted by Crippen LogP contribution is 2.22. The molecule has 3 aromatic rings. The second-order valence-electron chi connectivity index (χ2n) is 6.63. The van der Waals surface area contributed by atoms with Gasteiger partial charge in [0.1, 0.15) is 18.1 Å². The first kappa shape index (κ1) is 19.6. The molecule has 0 aliphatic rings. The number of ether oxygens (including phenoxy) is 1. The van der Waals surface area contributed by atoms with E-state index in [4.69, 9.17) is 9.57 Å². The molecule has 2 aromatic carbocycles. The average Bonchev–Trinajstić information content (AvgIpc) is 3.16. The van der Waals surface area contributed by atoms with Crippen LogP contribution in [0.3, 0.4) is 0 Å². The van der Waals surface area contributed by atoms with Gasteiger partial charge in [0.05, 0.1) is 31.7 Å². The third-order valence-corrected chi connectivity index (χ3v) is 4.11. The van der Waals surface area contributed by atoms with Gasteiger partial charge in [-0.05, 0) is 37.1 Å². The summed E-state index contributed by atoms with van der Waals surface area (Å²) >= 11 is 0. The summed E-state index contributed by atoms with van der Waals surface area (Å²) < 4.78 is 6.84. The minimum absolute atomic E-state index is 0.306. The zero-order valence-electron chi connectivity index (χ0n) is 16.2. The Balaban J connectivity index is 1.64. The van der Waals surface area contributed by atoms with Gasteiger partial charge < -0.3 is 14.7 Å². The van der Waals surface area contributed by atoms with Gasteiger partial charge in [0.25, 0.3) is 0 Å². The van der Waals surface area contributed by atoms with E-state index in [-0.39, 0.29) is 0 Å². The second-order valence-corrected chi connectivity index (χ2v) is 6.63. The van der Waals surface area contributed by atoms with E-state index in [0.29, 0.717) is 18.9 Å². The van der Waals surface area contributed by atoms with Crippen LogP contribution in [0, 0.1) is 0 Å². The Morgan fingerprint density at radius 2 is 1.96 bits per heavy atom. The molecule has 3 rings (SSSR count). The third kappa shape index (κ3) is 5.17. The summed E-state index contributed by atoms with van der Waals surface area (Å²) in [5.74, 6) is 0.708. The third-order valence-electron chi connectivity index (χ3n) is 4.11. The lowest BCUT2D eigenvalue weighted by molar-refractivity contribution is 0.130. The molecule has 0 aliphatic heterocycles. The summed E-state index contributed by atoms with van der Waals surface area (Å²) in [6.45, 7) is 4.50. The largest absolute Gasteiger partial charge is 0.497 e. The molecule has 146 valence electrons. The number of hydrogen-bond acceptors (Lipinski definition) is 6. The molecule has 0 aliphatic carbocycles. The van der Waals surface area contributed by atoms with E-state index >= 15 is 0 Å². The van der Waals surface area contributed by atoms with Crippen molar-refractivity contribution < 1.29 is 14.7 Å². The van der Waals surface area contributed by atoms with E-state index in [1.165, 1.54) is 0 Å². The first-order valence-corrected chi connectivity index (χ1v) is 9.00. The van der Waals surface area contributed by atoms with Crippen LogP contribution in [-0.2, 0) is 18.0 Å². The fourth-order valence-electron chi connectivity index (χ4n) is 2.66. The standard InChI is InChI=1S/C21H24N4O3/c1-15(2)23-28-14-16-7-9-17(10-8-16)20-12-25(24-22-20)13-21(26)18-5-4-6-19(11-18)27-3/h4-12,21,26H,13-14H2,1-3H3/t21-/m1/s1. The first-order valence-electron chi connectivity index (χ1n) is 9.00. The van der Waals surface area contributed by atoms with E-state index in [9.17, 15) is 5.11 Å². The highest BCUT2D eigenvalue weighted by Gasteiger charge is 2.12. The molecule has 7 heteroatoms. The van der Waals surface area contributed by atoms with Crippen LogP contribution >= 0.6 is 0 Å². The number of oxime groups is 1. The molecule has 0 unspecified atom stereocenters. The predicted octanol–water partition coefficient (Wildman–Crippen LogP) is 3.60. The number of nitrogens with zero attached hydrogens (tertiary/aromatic N) is 4. The number of hydrogen-bond donors (Lipinski definition) is 1. The van der Waals surface area contributed by atoms with Crippen LogP contribution in [-0.4, -0.2) is 32.9 Å². The summed E-state index contributed by atoms with van der Waals surface area (Å²) in [5, 5.41) is 22.7. The molecule has 0 fully saturated rings. The normalized spacial score (nSPS) is 11.7. The zero-order chi connectivity index (χ0) is 19.9. The van der Waals surface area contributed by atoms with Gasteiger partial charge in [-0.1, -0.05) is 46.8 Å². The number of aromatic nitrogens is 3. The Labute approximate surface area is 164 Å². The molecular formula is C21H24N4O3. The highest BCUT2D eigenvalue weighted by atomic mass is 16.6. The number of methoxy groups -OCH3 is 1. The SMILES string of the molecule is COc1cccc([C@H](O)Cn2cc(-c3ccc(CON=C(C)C)cc3)nn2)c1. The summed E-state index contributed by atoms with van der Waals surface area (Å²) in [6.07, 6.45) is 1.12. The quantitative estimate of drug-likeness (QED) is 0.477. The number of aliphatic hydroxyl groups is 1. The lowest BCUT2D eigenvalue weighted by atomic mass is 10.1. The molecule has 0 saturated carbocycles. The maximum absolute atomic E-state index is 10.5. The van der Waals surface area contributed by atoms with Crippen LogP contribution in [0.2, 0.25) is 0 Å². The maximum Gasteiger partial charge on any atom is 0.142 e. The van der Waals surface area contributed by atoms with Crippen molar-refractivity contribution in [3.8, 4) is 17.0 Å². The number of benzene rings is 2. The van der Waals surface area contributed by atoms with E-state index in [2.05, 4.69) is 15.5 Å². The number of rotatable bonds is 8. The Morgan fingerprint density at radius 3 is 2.68 bits per heavy atom. The zero-order valence-corrected chi connectivity index (χ0v) is 16.2. The van der Waals surface area contributed by atoms with Crippen molar-refractivity contribution in [3.05, 3.63) is 65.9 Å². The van der Waals surface area contributed by atoms with Gasteiger partial charge in [0, 0.05) is 5.56 Å². The van der Waals surface area contributed by atoms with Crippen molar-refractivity contribution in [2.75, 3.05) is 7.11 Å². The smallest absolute Gasteiger partial charge is 0.142 e. The monoisotopic (exact) mass is 380 g/mol. The van der Waals surface area contributed by atoms with E-state index in [1.807, 2.05) is 68.6 Å². The molecule has 0 spiro atoms. The highest BCUT2D eigenvalue weighted by molar-refractivity contribution is 5.78.